The van der Waals surface area contributed by atoms with Crippen LogP contribution >= 0.6 is 11.6 Å². The second kappa shape index (κ2) is 3.02. The molecular weight excluding hydrogens is 177 g/mol. The molecule has 1 heterocycles. The van der Waals surface area contributed by atoms with Gasteiger partial charge in [0.25, 0.3) is 0 Å². The Morgan fingerprint density at radius 2 is 2.00 bits per heavy atom. The maximum Gasteiger partial charge on any atom is 0.231 e. The molecule has 0 aliphatic carbocycles. The summed E-state index contributed by atoms with van der Waals surface area (Å²) < 4.78 is 12.6. The third-order valence-electron chi connectivity index (χ3n) is 1.66. The van der Waals surface area contributed by atoms with Gasteiger partial charge in [0.1, 0.15) is 0 Å². The van der Waals surface area contributed by atoms with E-state index in [1.165, 1.54) is 6.20 Å². The third kappa shape index (κ3) is 1.95. The number of aromatic nitrogens is 1. The summed E-state index contributed by atoms with van der Waals surface area (Å²) in [6.07, 6.45) is 1.52. The molecule has 0 bridgehead atoms. The molecule has 1 aromatic heterocycles. The quantitative estimate of drug-likeness (QED) is 0.569. The van der Waals surface area contributed by atoms with Crippen molar-refractivity contribution in [1.82, 2.24) is 4.98 Å². The fourth-order valence-corrected chi connectivity index (χ4v) is 0.998. The van der Waals surface area contributed by atoms with Gasteiger partial charge in [-0.3, -0.25) is 0 Å². The van der Waals surface area contributed by atoms with Gasteiger partial charge in [0.15, 0.2) is 0 Å². The number of halogens is 2. The molecule has 0 atom stereocenters. The van der Waals surface area contributed by atoms with Crippen LogP contribution in [-0.2, 0) is 5.41 Å². The largest absolute Gasteiger partial charge is 0.231 e. The summed E-state index contributed by atoms with van der Waals surface area (Å²) in [5, 5.41) is 0.0856. The van der Waals surface area contributed by atoms with Gasteiger partial charge in [0, 0.05) is 6.20 Å². The number of pyridine rings is 1. The highest BCUT2D eigenvalue weighted by Gasteiger charge is 2.15. The minimum atomic E-state index is -0.607. The summed E-state index contributed by atoms with van der Waals surface area (Å²) in [6.45, 7) is 6.08. The van der Waals surface area contributed by atoms with Crippen molar-refractivity contribution in [2.45, 2.75) is 26.2 Å². The van der Waals surface area contributed by atoms with Gasteiger partial charge in [-0.1, -0.05) is 32.4 Å². The van der Waals surface area contributed by atoms with Crippen molar-refractivity contribution >= 4 is 11.6 Å². The maximum absolute atomic E-state index is 12.6. The van der Waals surface area contributed by atoms with Crippen LogP contribution in [-0.4, -0.2) is 4.98 Å². The SMILES string of the molecule is CC(C)(C)c1cnc(F)c(Cl)c1. The van der Waals surface area contributed by atoms with Gasteiger partial charge in [-0.05, 0) is 17.0 Å². The van der Waals surface area contributed by atoms with Crippen molar-refractivity contribution in [3.8, 4) is 0 Å². The number of rotatable bonds is 0. The Morgan fingerprint density at radius 1 is 1.42 bits per heavy atom. The highest BCUT2D eigenvalue weighted by atomic mass is 35.5. The molecule has 1 nitrogen and oxygen atoms in total. The zero-order chi connectivity index (χ0) is 9.35. The van der Waals surface area contributed by atoms with E-state index in [1.807, 2.05) is 20.8 Å². The van der Waals surface area contributed by atoms with Gasteiger partial charge < -0.3 is 0 Å². The summed E-state index contributed by atoms with van der Waals surface area (Å²) in [5.74, 6) is -0.607. The van der Waals surface area contributed by atoms with E-state index >= 15 is 0 Å². The van der Waals surface area contributed by atoms with Gasteiger partial charge in [-0.2, -0.15) is 4.39 Å². The van der Waals surface area contributed by atoms with Crippen molar-refractivity contribution in [1.29, 1.82) is 0 Å². The molecule has 0 amide bonds. The van der Waals surface area contributed by atoms with Gasteiger partial charge in [-0.15, -0.1) is 0 Å². The van der Waals surface area contributed by atoms with Gasteiger partial charge in [-0.25, -0.2) is 4.98 Å². The molecule has 0 unspecified atom stereocenters. The zero-order valence-electron chi connectivity index (χ0n) is 7.36. The molecule has 0 aliphatic heterocycles. The molecule has 0 N–H and O–H groups in total. The van der Waals surface area contributed by atoms with E-state index in [0.717, 1.165) is 5.56 Å². The first-order valence-corrected chi connectivity index (χ1v) is 4.10. The van der Waals surface area contributed by atoms with Crippen LogP contribution in [0.4, 0.5) is 4.39 Å². The number of hydrogen-bond acceptors (Lipinski definition) is 1. The molecule has 1 rings (SSSR count). The van der Waals surface area contributed by atoms with Gasteiger partial charge >= 0.3 is 0 Å². The first-order chi connectivity index (χ1) is 5.41. The van der Waals surface area contributed by atoms with E-state index in [4.69, 9.17) is 11.6 Å². The van der Waals surface area contributed by atoms with E-state index in [-0.39, 0.29) is 10.4 Å². The molecule has 0 saturated heterocycles. The number of hydrogen-bond donors (Lipinski definition) is 0. The molecule has 66 valence electrons. The molecule has 3 heteroatoms. The highest BCUT2D eigenvalue weighted by Crippen LogP contribution is 2.24. The van der Waals surface area contributed by atoms with E-state index < -0.39 is 5.95 Å². The molecule has 0 aliphatic rings. The number of nitrogens with zero attached hydrogens (tertiary/aromatic N) is 1. The van der Waals surface area contributed by atoms with Crippen LogP contribution in [0.3, 0.4) is 0 Å². The minimum absolute atomic E-state index is 0.0374. The molecule has 1 aromatic rings. The Kier molecular flexibility index (Phi) is 2.38. The maximum atomic E-state index is 12.6. The van der Waals surface area contributed by atoms with Gasteiger partial charge in [0.05, 0.1) is 5.02 Å². The fraction of sp³-hybridized carbons (Fsp3) is 0.444. The minimum Gasteiger partial charge on any atom is -0.227 e. The Labute approximate surface area is 76.6 Å². The Morgan fingerprint density at radius 3 is 2.42 bits per heavy atom. The van der Waals surface area contributed by atoms with E-state index in [2.05, 4.69) is 4.98 Å². The predicted octanol–water partition coefficient (Wildman–Crippen LogP) is 3.17. The van der Waals surface area contributed by atoms with Crippen molar-refractivity contribution in [3.05, 3.63) is 28.8 Å². The molecule has 0 spiro atoms. The average molecular weight is 188 g/mol. The summed E-state index contributed by atoms with van der Waals surface area (Å²) >= 11 is 5.58. The van der Waals surface area contributed by atoms with Crippen molar-refractivity contribution < 1.29 is 4.39 Å². The van der Waals surface area contributed by atoms with Crippen LogP contribution in [0.15, 0.2) is 12.3 Å². The smallest absolute Gasteiger partial charge is 0.227 e. The summed E-state index contributed by atoms with van der Waals surface area (Å²) in [5.41, 5.74) is 0.901. The third-order valence-corrected chi connectivity index (χ3v) is 1.93. The van der Waals surface area contributed by atoms with Crippen LogP contribution in [0.2, 0.25) is 5.02 Å². The molecule has 12 heavy (non-hydrogen) atoms. The summed E-state index contributed by atoms with van der Waals surface area (Å²) in [7, 11) is 0. The van der Waals surface area contributed by atoms with Crippen LogP contribution < -0.4 is 0 Å². The topological polar surface area (TPSA) is 12.9 Å². The lowest BCUT2D eigenvalue weighted by molar-refractivity contribution is 0.559. The fourth-order valence-electron chi connectivity index (χ4n) is 0.831. The molecule has 0 radical (unpaired) electrons. The lowest BCUT2D eigenvalue weighted by Gasteiger charge is -2.18. The molecule has 0 aromatic carbocycles. The van der Waals surface area contributed by atoms with Crippen LogP contribution in [0.25, 0.3) is 0 Å². The summed E-state index contributed by atoms with van der Waals surface area (Å²) in [4.78, 5) is 3.55. The van der Waals surface area contributed by atoms with Crippen LogP contribution in [0.5, 0.6) is 0 Å². The zero-order valence-corrected chi connectivity index (χ0v) is 8.11. The second-order valence-electron chi connectivity index (χ2n) is 3.75. The average Bonchev–Trinajstić information content (AvgIpc) is 1.92. The normalized spacial score (nSPS) is 11.8. The Hall–Kier alpha value is -0.630. The van der Waals surface area contributed by atoms with Crippen molar-refractivity contribution in [3.63, 3.8) is 0 Å². The standard InChI is InChI=1S/C9H11ClFN/c1-9(2,3)6-4-7(10)8(11)12-5-6/h4-5H,1-3H3. The molecule has 0 fully saturated rings. The van der Waals surface area contributed by atoms with Gasteiger partial charge in [0.2, 0.25) is 5.95 Å². The second-order valence-corrected chi connectivity index (χ2v) is 4.15. The van der Waals surface area contributed by atoms with Crippen molar-refractivity contribution in [2.24, 2.45) is 0 Å². The Bertz CT molecular complexity index is 291. The molecular formula is C9H11ClFN. The van der Waals surface area contributed by atoms with E-state index in [1.54, 1.807) is 6.07 Å². The predicted molar refractivity (Wildman–Crippen MR) is 47.9 cm³/mol. The van der Waals surface area contributed by atoms with Crippen LogP contribution in [0, 0.1) is 5.95 Å². The van der Waals surface area contributed by atoms with Crippen LogP contribution in [0.1, 0.15) is 26.3 Å². The first-order valence-electron chi connectivity index (χ1n) is 3.73. The van der Waals surface area contributed by atoms with E-state index in [0.29, 0.717) is 0 Å². The monoisotopic (exact) mass is 187 g/mol. The lowest BCUT2D eigenvalue weighted by atomic mass is 9.88. The molecule has 0 saturated carbocycles. The Balaban J connectivity index is 3.14. The lowest BCUT2D eigenvalue weighted by Crippen LogP contribution is -2.11. The van der Waals surface area contributed by atoms with Crippen molar-refractivity contribution in [2.75, 3.05) is 0 Å². The first kappa shape index (κ1) is 9.46. The highest BCUT2D eigenvalue weighted by molar-refractivity contribution is 6.30. The van der Waals surface area contributed by atoms with E-state index in [9.17, 15) is 4.39 Å². The summed E-state index contributed by atoms with van der Waals surface area (Å²) in [6, 6.07) is 1.61.